The van der Waals surface area contributed by atoms with Gasteiger partial charge in [-0.2, -0.15) is 5.26 Å². The Bertz CT molecular complexity index is 1270. The predicted octanol–water partition coefficient (Wildman–Crippen LogP) is 8.06. The highest BCUT2D eigenvalue weighted by atomic mass is 19.1. The Morgan fingerprint density at radius 3 is 2.23 bits per heavy atom. The first-order chi connectivity index (χ1) is 15.1. The molecule has 0 aromatic heterocycles. The van der Waals surface area contributed by atoms with Gasteiger partial charge in [0.2, 0.25) is 0 Å². The van der Waals surface area contributed by atoms with Crippen LogP contribution in [0.25, 0.3) is 33.0 Å². The standard InChI is InChI=1S/C28H23F2N/c1-2-3-4-5-19-6-14-26-23(16-19)13-15-25(28(26)30)21-9-7-20(8-10-21)22-11-12-24(18-31)27(29)17-22/h6-17H,2-5H2,1H3. The summed E-state index contributed by atoms with van der Waals surface area (Å²) in [5, 5.41) is 10.4. The van der Waals surface area contributed by atoms with Crippen molar-refractivity contribution < 1.29 is 8.78 Å². The summed E-state index contributed by atoms with van der Waals surface area (Å²) in [5.74, 6) is -0.770. The van der Waals surface area contributed by atoms with Gasteiger partial charge in [-0.3, -0.25) is 0 Å². The summed E-state index contributed by atoms with van der Waals surface area (Å²) in [4.78, 5) is 0. The molecule has 0 bridgehead atoms. The van der Waals surface area contributed by atoms with E-state index in [9.17, 15) is 4.39 Å². The van der Waals surface area contributed by atoms with Crippen LogP contribution in [-0.2, 0) is 6.42 Å². The Hall–Kier alpha value is -3.51. The van der Waals surface area contributed by atoms with Gasteiger partial charge in [0.15, 0.2) is 0 Å². The minimum atomic E-state index is -0.543. The number of rotatable bonds is 6. The van der Waals surface area contributed by atoms with Crippen molar-refractivity contribution in [3.05, 3.63) is 95.6 Å². The molecule has 1 nitrogen and oxygen atoms in total. The van der Waals surface area contributed by atoms with Crippen LogP contribution in [0.15, 0.2) is 72.8 Å². The summed E-state index contributed by atoms with van der Waals surface area (Å²) in [6.45, 7) is 2.19. The number of unbranched alkanes of at least 4 members (excludes halogenated alkanes) is 2. The van der Waals surface area contributed by atoms with Gasteiger partial charge in [0.05, 0.1) is 5.56 Å². The third-order valence-electron chi connectivity index (χ3n) is 5.71. The first kappa shape index (κ1) is 20.8. The fourth-order valence-corrected chi connectivity index (χ4v) is 3.93. The number of aryl methyl sites for hydroxylation is 1. The summed E-state index contributed by atoms with van der Waals surface area (Å²) in [6, 6.07) is 23.5. The molecule has 0 spiro atoms. The fraction of sp³-hybridized carbons (Fsp3) is 0.179. The van der Waals surface area contributed by atoms with Gasteiger partial charge in [-0.1, -0.05) is 80.4 Å². The molecule has 0 saturated carbocycles. The van der Waals surface area contributed by atoms with Crippen LogP contribution in [0.5, 0.6) is 0 Å². The van der Waals surface area contributed by atoms with E-state index in [1.54, 1.807) is 6.07 Å². The lowest BCUT2D eigenvalue weighted by molar-refractivity contribution is 0.624. The molecule has 0 atom stereocenters. The number of benzene rings is 4. The van der Waals surface area contributed by atoms with E-state index in [0.717, 1.165) is 29.4 Å². The van der Waals surface area contributed by atoms with Crippen LogP contribution in [0, 0.1) is 23.0 Å². The van der Waals surface area contributed by atoms with E-state index in [2.05, 4.69) is 13.0 Å². The van der Waals surface area contributed by atoms with E-state index in [1.165, 1.54) is 30.5 Å². The topological polar surface area (TPSA) is 23.8 Å². The van der Waals surface area contributed by atoms with E-state index >= 15 is 4.39 Å². The molecule has 0 heterocycles. The van der Waals surface area contributed by atoms with Crippen molar-refractivity contribution in [1.29, 1.82) is 5.26 Å². The number of fused-ring (bicyclic) bond motifs is 1. The molecule has 0 saturated heterocycles. The zero-order valence-electron chi connectivity index (χ0n) is 17.5. The average molecular weight is 411 g/mol. The van der Waals surface area contributed by atoms with Crippen molar-refractivity contribution in [1.82, 2.24) is 0 Å². The molecule has 3 heteroatoms. The minimum absolute atomic E-state index is 0.0205. The fourth-order valence-electron chi connectivity index (χ4n) is 3.93. The maximum absolute atomic E-state index is 15.3. The highest BCUT2D eigenvalue weighted by Gasteiger charge is 2.11. The Kier molecular flexibility index (Phi) is 6.09. The number of nitrogens with zero attached hydrogens (tertiary/aromatic N) is 1. The molecule has 0 amide bonds. The highest BCUT2D eigenvalue weighted by molar-refractivity contribution is 5.89. The predicted molar refractivity (Wildman–Crippen MR) is 123 cm³/mol. The zero-order chi connectivity index (χ0) is 21.8. The maximum atomic E-state index is 15.3. The van der Waals surface area contributed by atoms with E-state index in [1.807, 2.05) is 54.6 Å². The van der Waals surface area contributed by atoms with Gasteiger partial charge in [-0.25, -0.2) is 8.78 Å². The lowest BCUT2D eigenvalue weighted by Gasteiger charge is -2.10. The SMILES string of the molecule is CCCCCc1ccc2c(F)c(-c3ccc(-c4ccc(C#N)c(F)c4)cc3)ccc2c1. The summed E-state index contributed by atoms with van der Waals surface area (Å²) < 4.78 is 29.2. The zero-order valence-corrected chi connectivity index (χ0v) is 17.5. The Labute approximate surface area is 181 Å². The average Bonchev–Trinajstić information content (AvgIpc) is 2.79. The van der Waals surface area contributed by atoms with Gasteiger partial charge in [0.25, 0.3) is 0 Å². The molecule has 0 aliphatic rings. The maximum Gasteiger partial charge on any atom is 0.141 e. The van der Waals surface area contributed by atoms with Gasteiger partial charge < -0.3 is 0 Å². The number of nitriles is 1. The Morgan fingerprint density at radius 2 is 1.52 bits per heavy atom. The Balaban J connectivity index is 1.62. The molecule has 0 fully saturated rings. The molecule has 4 aromatic rings. The molecule has 31 heavy (non-hydrogen) atoms. The van der Waals surface area contributed by atoms with Gasteiger partial charge >= 0.3 is 0 Å². The van der Waals surface area contributed by atoms with E-state index in [0.29, 0.717) is 16.5 Å². The smallest absolute Gasteiger partial charge is 0.141 e. The highest BCUT2D eigenvalue weighted by Crippen LogP contribution is 2.31. The number of halogens is 2. The molecule has 4 aromatic carbocycles. The van der Waals surface area contributed by atoms with Gasteiger partial charge in [-0.15, -0.1) is 0 Å². The monoisotopic (exact) mass is 411 g/mol. The van der Waals surface area contributed by atoms with Crippen molar-refractivity contribution in [3.63, 3.8) is 0 Å². The molecule has 0 N–H and O–H groups in total. The number of hydrogen-bond donors (Lipinski definition) is 0. The summed E-state index contributed by atoms with van der Waals surface area (Å²) >= 11 is 0. The minimum Gasteiger partial charge on any atom is -0.206 e. The quantitative estimate of drug-likeness (QED) is 0.294. The second-order valence-electron chi connectivity index (χ2n) is 7.82. The molecular weight excluding hydrogens is 388 g/mol. The third-order valence-corrected chi connectivity index (χ3v) is 5.71. The second kappa shape index (κ2) is 9.10. The summed E-state index contributed by atoms with van der Waals surface area (Å²) in [7, 11) is 0. The second-order valence-corrected chi connectivity index (χ2v) is 7.82. The summed E-state index contributed by atoms with van der Waals surface area (Å²) in [6.07, 6.45) is 4.56. The lowest BCUT2D eigenvalue weighted by atomic mass is 9.96. The molecular formula is C28H23F2N. The van der Waals surface area contributed by atoms with Crippen molar-refractivity contribution >= 4 is 10.8 Å². The van der Waals surface area contributed by atoms with Gasteiger partial charge in [-0.05, 0) is 52.6 Å². The van der Waals surface area contributed by atoms with Crippen LogP contribution in [-0.4, -0.2) is 0 Å². The van der Waals surface area contributed by atoms with E-state index in [-0.39, 0.29) is 11.4 Å². The molecule has 4 rings (SSSR count). The summed E-state index contributed by atoms with van der Waals surface area (Å²) in [5.41, 5.74) is 4.06. The lowest BCUT2D eigenvalue weighted by Crippen LogP contribution is -1.90. The molecule has 154 valence electrons. The van der Waals surface area contributed by atoms with E-state index < -0.39 is 5.82 Å². The Morgan fingerprint density at radius 1 is 0.774 bits per heavy atom. The first-order valence-electron chi connectivity index (χ1n) is 10.6. The van der Waals surface area contributed by atoms with Crippen LogP contribution in [0.3, 0.4) is 0 Å². The van der Waals surface area contributed by atoms with Crippen LogP contribution < -0.4 is 0 Å². The van der Waals surface area contributed by atoms with Crippen molar-refractivity contribution in [2.45, 2.75) is 32.6 Å². The van der Waals surface area contributed by atoms with Gasteiger partial charge in [0, 0.05) is 10.9 Å². The van der Waals surface area contributed by atoms with Crippen LogP contribution in [0.4, 0.5) is 8.78 Å². The van der Waals surface area contributed by atoms with Crippen molar-refractivity contribution in [2.24, 2.45) is 0 Å². The van der Waals surface area contributed by atoms with Crippen LogP contribution >= 0.6 is 0 Å². The largest absolute Gasteiger partial charge is 0.206 e. The molecule has 0 unspecified atom stereocenters. The van der Waals surface area contributed by atoms with Crippen LogP contribution in [0.1, 0.15) is 37.3 Å². The van der Waals surface area contributed by atoms with Gasteiger partial charge in [0.1, 0.15) is 17.7 Å². The third kappa shape index (κ3) is 4.34. The molecule has 0 aliphatic carbocycles. The van der Waals surface area contributed by atoms with E-state index in [4.69, 9.17) is 5.26 Å². The first-order valence-corrected chi connectivity index (χ1v) is 10.6. The number of hydrogen-bond acceptors (Lipinski definition) is 1. The normalized spacial score (nSPS) is 10.9. The molecule has 0 radical (unpaired) electrons. The van der Waals surface area contributed by atoms with Crippen molar-refractivity contribution in [3.8, 4) is 28.3 Å². The van der Waals surface area contributed by atoms with Crippen LogP contribution in [0.2, 0.25) is 0 Å². The molecule has 0 aliphatic heterocycles. The van der Waals surface area contributed by atoms with Crippen molar-refractivity contribution in [2.75, 3.05) is 0 Å².